The van der Waals surface area contributed by atoms with E-state index in [4.69, 9.17) is 0 Å². The van der Waals surface area contributed by atoms with Gasteiger partial charge in [-0.15, -0.1) is 11.8 Å². The average Bonchev–Trinajstić information content (AvgIpc) is 3.42. The molecule has 0 spiro atoms. The van der Waals surface area contributed by atoms with Gasteiger partial charge in [0.05, 0.1) is 0 Å². The summed E-state index contributed by atoms with van der Waals surface area (Å²) in [6, 6.07) is 14.7. The van der Waals surface area contributed by atoms with Crippen LogP contribution < -0.4 is 10.6 Å². The first-order valence-electron chi connectivity index (χ1n) is 13.9. The first-order valence-corrected chi connectivity index (χ1v) is 14.9. The highest BCUT2D eigenvalue weighted by molar-refractivity contribution is 7.98. The molecule has 2 aromatic carbocycles. The minimum Gasteiger partial charge on any atom is -0.322 e. The molecule has 200 valence electrons. The molecule has 3 fully saturated rings. The number of carbonyl (C=O) groups excluding carboxylic acids is 3. The molecule has 2 aliphatic heterocycles. The minimum absolute atomic E-state index is 0.124. The SMILES string of the molecule is CC1(C)C2CC[C@@]1(C)[C@@H](NCc1ccc(CSc3cccc4c3CN(C3CCC(=O)NC3=O)C4=O)cc1)C2. The summed E-state index contributed by atoms with van der Waals surface area (Å²) in [7, 11) is 0. The van der Waals surface area contributed by atoms with E-state index in [1.165, 1.54) is 30.4 Å². The van der Waals surface area contributed by atoms with Gasteiger partial charge in [-0.1, -0.05) is 51.1 Å². The quantitative estimate of drug-likeness (QED) is 0.386. The number of hydrogen-bond acceptors (Lipinski definition) is 5. The van der Waals surface area contributed by atoms with Crippen molar-refractivity contribution in [3.05, 3.63) is 64.7 Å². The monoisotopic (exact) mass is 531 g/mol. The van der Waals surface area contributed by atoms with Gasteiger partial charge in [0.25, 0.3) is 5.91 Å². The molecule has 2 aromatic rings. The number of piperidine rings is 1. The van der Waals surface area contributed by atoms with Crippen molar-refractivity contribution in [2.45, 2.75) is 88.7 Å². The Labute approximate surface area is 229 Å². The zero-order chi connectivity index (χ0) is 26.7. The molecule has 3 amide bonds. The van der Waals surface area contributed by atoms with Gasteiger partial charge in [-0.25, -0.2) is 0 Å². The highest BCUT2D eigenvalue weighted by Gasteiger charge is 2.60. The second-order valence-corrected chi connectivity index (χ2v) is 13.3. The molecule has 2 heterocycles. The third-order valence-electron chi connectivity index (χ3n) is 10.3. The Hall–Kier alpha value is -2.64. The maximum atomic E-state index is 13.1. The van der Waals surface area contributed by atoms with Gasteiger partial charge in [-0.05, 0) is 71.3 Å². The van der Waals surface area contributed by atoms with E-state index in [2.05, 4.69) is 61.7 Å². The molecule has 1 saturated heterocycles. The first-order chi connectivity index (χ1) is 18.2. The number of thioether (sulfide) groups is 1. The molecule has 6 nitrogen and oxygen atoms in total. The molecule has 2 bridgehead atoms. The third kappa shape index (κ3) is 4.19. The van der Waals surface area contributed by atoms with Crippen LogP contribution in [0.5, 0.6) is 0 Å². The van der Waals surface area contributed by atoms with Crippen LogP contribution in [-0.4, -0.2) is 34.7 Å². The predicted molar refractivity (Wildman–Crippen MR) is 148 cm³/mol. The standard InChI is InChI=1S/C31H37N3O3S/c1-30(2)21-13-14-31(30,3)26(15-21)32-16-19-7-9-20(10-8-19)18-38-25-6-4-5-22-23(25)17-34(29(22)37)24-11-12-27(35)33-28(24)36/h4-10,21,24,26,32H,11-18H2,1-3H3,(H,33,35,36)/t21?,24?,26-,31-/m0/s1. The van der Waals surface area contributed by atoms with E-state index in [-0.39, 0.29) is 24.1 Å². The lowest BCUT2D eigenvalue weighted by Gasteiger charge is -2.39. The minimum atomic E-state index is -0.584. The van der Waals surface area contributed by atoms with Crippen molar-refractivity contribution in [2.24, 2.45) is 16.7 Å². The molecule has 2 unspecified atom stereocenters. The van der Waals surface area contributed by atoms with Crippen LogP contribution in [0.1, 0.15) is 79.9 Å². The molecule has 7 heteroatoms. The maximum Gasteiger partial charge on any atom is 0.255 e. The van der Waals surface area contributed by atoms with Crippen LogP contribution in [0.25, 0.3) is 0 Å². The van der Waals surface area contributed by atoms with Gasteiger partial charge in [0.1, 0.15) is 6.04 Å². The third-order valence-corrected chi connectivity index (χ3v) is 11.5. The number of nitrogens with one attached hydrogen (secondary N) is 2. The lowest BCUT2D eigenvalue weighted by atomic mass is 9.69. The van der Waals surface area contributed by atoms with E-state index in [1.54, 1.807) is 16.7 Å². The van der Waals surface area contributed by atoms with E-state index in [9.17, 15) is 14.4 Å². The molecule has 6 rings (SSSR count). The summed E-state index contributed by atoms with van der Waals surface area (Å²) in [5.41, 5.74) is 5.02. The second kappa shape index (κ2) is 9.53. The summed E-state index contributed by atoms with van der Waals surface area (Å²) >= 11 is 1.73. The molecular formula is C31H37N3O3S. The summed E-state index contributed by atoms with van der Waals surface area (Å²) in [5.74, 6) is 0.895. The zero-order valence-corrected chi connectivity index (χ0v) is 23.3. The predicted octanol–water partition coefficient (Wildman–Crippen LogP) is 5.04. The Morgan fingerprint density at radius 1 is 1.03 bits per heavy atom. The van der Waals surface area contributed by atoms with E-state index >= 15 is 0 Å². The van der Waals surface area contributed by atoms with E-state index in [1.807, 2.05) is 12.1 Å². The molecule has 4 aliphatic rings. The number of carbonyl (C=O) groups is 3. The largest absolute Gasteiger partial charge is 0.322 e. The normalized spacial score (nSPS) is 29.6. The first kappa shape index (κ1) is 25.6. The van der Waals surface area contributed by atoms with Crippen LogP contribution in [0.15, 0.2) is 47.4 Å². The fourth-order valence-electron chi connectivity index (χ4n) is 7.36. The van der Waals surface area contributed by atoms with E-state index in [0.29, 0.717) is 35.4 Å². The number of benzene rings is 2. The van der Waals surface area contributed by atoms with Crippen molar-refractivity contribution in [3.63, 3.8) is 0 Å². The van der Waals surface area contributed by atoms with Gasteiger partial charge >= 0.3 is 0 Å². The number of imide groups is 1. The van der Waals surface area contributed by atoms with Gasteiger partial charge in [-0.2, -0.15) is 0 Å². The van der Waals surface area contributed by atoms with Gasteiger partial charge in [0.2, 0.25) is 11.8 Å². The summed E-state index contributed by atoms with van der Waals surface area (Å²) in [5, 5.41) is 6.26. The van der Waals surface area contributed by atoms with Crippen molar-refractivity contribution >= 4 is 29.5 Å². The molecule has 38 heavy (non-hydrogen) atoms. The molecular weight excluding hydrogens is 494 g/mol. The summed E-state index contributed by atoms with van der Waals surface area (Å²) in [4.78, 5) is 39.7. The van der Waals surface area contributed by atoms with Crippen molar-refractivity contribution in [2.75, 3.05) is 0 Å². The van der Waals surface area contributed by atoms with Crippen LogP contribution >= 0.6 is 11.8 Å². The van der Waals surface area contributed by atoms with Crippen LogP contribution in [0.3, 0.4) is 0 Å². The van der Waals surface area contributed by atoms with E-state index in [0.717, 1.165) is 28.7 Å². The number of hydrogen-bond donors (Lipinski definition) is 2. The summed E-state index contributed by atoms with van der Waals surface area (Å²) in [6.45, 7) is 8.72. The smallest absolute Gasteiger partial charge is 0.255 e. The molecule has 4 atom stereocenters. The summed E-state index contributed by atoms with van der Waals surface area (Å²) in [6.07, 6.45) is 4.65. The Kier molecular flexibility index (Phi) is 6.42. The van der Waals surface area contributed by atoms with Crippen molar-refractivity contribution in [3.8, 4) is 0 Å². The fraction of sp³-hybridized carbons (Fsp3) is 0.516. The number of fused-ring (bicyclic) bond motifs is 3. The van der Waals surface area contributed by atoms with Gasteiger partial charge < -0.3 is 10.2 Å². The zero-order valence-electron chi connectivity index (χ0n) is 22.5. The number of rotatable bonds is 7. The highest BCUT2D eigenvalue weighted by atomic mass is 32.2. The Bertz CT molecular complexity index is 1290. The lowest BCUT2D eigenvalue weighted by Crippen LogP contribution is -2.52. The summed E-state index contributed by atoms with van der Waals surface area (Å²) < 4.78 is 0. The van der Waals surface area contributed by atoms with Crippen molar-refractivity contribution < 1.29 is 14.4 Å². The van der Waals surface area contributed by atoms with Crippen molar-refractivity contribution in [1.29, 1.82) is 0 Å². The van der Waals surface area contributed by atoms with Gasteiger partial charge in [0, 0.05) is 41.8 Å². The van der Waals surface area contributed by atoms with Crippen LogP contribution in [0.2, 0.25) is 0 Å². The molecule has 0 aromatic heterocycles. The van der Waals surface area contributed by atoms with Gasteiger partial charge in [-0.3, -0.25) is 19.7 Å². The highest BCUT2D eigenvalue weighted by Crippen LogP contribution is 2.65. The molecule has 0 radical (unpaired) electrons. The van der Waals surface area contributed by atoms with Crippen LogP contribution in [0.4, 0.5) is 0 Å². The second-order valence-electron chi connectivity index (χ2n) is 12.3. The van der Waals surface area contributed by atoms with E-state index < -0.39 is 6.04 Å². The topological polar surface area (TPSA) is 78.5 Å². The maximum absolute atomic E-state index is 13.1. The Morgan fingerprint density at radius 2 is 1.79 bits per heavy atom. The fourth-order valence-corrected chi connectivity index (χ4v) is 8.40. The number of amides is 3. The Morgan fingerprint density at radius 3 is 2.47 bits per heavy atom. The Balaban J connectivity index is 1.06. The molecule has 2 saturated carbocycles. The van der Waals surface area contributed by atoms with Crippen LogP contribution in [-0.2, 0) is 28.4 Å². The lowest BCUT2D eigenvalue weighted by molar-refractivity contribution is -0.136. The van der Waals surface area contributed by atoms with Crippen LogP contribution in [0, 0.1) is 16.7 Å². The number of nitrogens with zero attached hydrogens (tertiary/aromatic N) is 1. The molecule has 2 aliphatic carbocycles. The molecule has 2 N–H and O–H groups in total. The van der Waals surface area contributed by atoms with Crippen molar-refractivity contribution in [1.82, 2.24) is 15.5 Å². The average molecular weight is 532 g/mol. The van der Waals surface area contributed by atoms with Gasteiger partial charge in [0.15, 0.2) is 0 Å².